The van der Waals surface area contributed by atoms with Crippen LogP contribution in [-0.2, 0) is 20.8 Å². The monoisotopic (exact) mass is 397 g/mol. The van der Waals surface area contributed by atoms with Gasteiger partial charge >= 0.3 is 11.9 Å². The molecule has 0 fully saturated rings. The van der Waals surface area contributed by atoms with E-state index in [1.165, 1.54) is 0 Å². The minimum Gasteiger partial charge on any atom is -0.477 e. The van der Waals surface area contributed by atoms with Crippen LogP contribution >= 0.6 is 0 Å². The lowest BCUT2D eigenvalue weighted by atomic mass is 9.96. The van der Waals surface area contributed by atoms with Gasteiger partial charge in [0.1, 0.15) is 29.4 Å². The van der Waals surface area contributed by atoms with Crippen molar-refractivity contribution in [2.24, 2.45) is 0 Å². The standard InChI is InChI=1S/C22H23NO6/c1-4-26-17(24)11-23-10-16-19-18(22(25)27-5-2)13(3)29-21(19)15-9-7-6-8-14(15)20(16)28-12-23/h6-9H,4-5,10-12H2,1-3H3. The first-order chi connectivity index (χ1) is 14.0. The van der Waals surface area contributed by atoms with Gasteiger partial charge in [-0.1, -0.05) is 24.3 Å². The lowest BCUT2D eigenvalue weighted by molar-refractivity contribution is -0.145. The number of benzene rings is 2. The highest BCUT2D eigenvalue weighted by Gasteiger charge is 2.31. The Balaban J connectivity index is 1.91. The molecular weight excluding hydrogens is 374 g/mol. The largest absolute Gasteiger partial charge is 0.477 e. The van der Waals surface area contributed by atoms with E-state index in [0.29, 0.717) is 41.2 Å². The van der Waals surface area contributed by atoms with E-state index in [0.717, 1.165) is 16.3 Å². The molecule has 1 aliphatic rings. The molecule has 0 amide bonds. The lowest BCUT2D eigenvalue weighted by Gasteiger charge is -2.29. The van der Waals surface area contributed by atoms with E-state index in [9.17, 15) is 9.59 Å². The Kier molecular flexibility index (Phi) is 5.15. The summed E-state index contributed by atoms with van der Waals surface area (Å²) in [6.45, 7) is 6.69. The van der Waals surface area contributed by atoms with Gasteiger partial charge in [-0.25, -0.2) is 4.79 Å². The molecule has 0 radical (unpaired) electrons. The summed E-state index contributed by atoms with van der Waals surface area (Å²) in [5.41, 5.74) is 1.85. The van der Waals surface area contributed by atoms with Crippen LogP contribution in [0.3, 0.4) is 0 Å². The van der Waals surface area contributed by atoms with Gasteiger partial charge in [-0.2, -0.15) is 0 Å². The highest BCUT2D eigenvalue weighted by atomic mass is 16.5. The second-order valence-electron chi connectivity index (χ2n) is 6.88. The van der Waals surface area contributed by atoms with E-state index in [1.54, 1.807) is 20.8 Å². The maximum atomic E-state index is 12.7. The van der Waals surface area contributed by atoms with Crippen molar-refractivity contribution in [2.75, 3.05) is 26.5 Å². The van der Waals surface area contributed by atoms with Crippen molar-refractivity contribution in [3.8, 4) is 5.75 Å². The molecule has 1 aliphatic heterocycles. The molecule has 2 aromatic carbocycles. The molecule has 4 rings (SSSR count). The van der Waals surface area contributed by atoms with Crippen LogP contribution < -0.4 is 4.74 Å². The molecule has 0 unspecified atom stereocenters. The smallest absolute Gasteiger partial charge is 0.342 e. The Bertz CT molecular complexity index is 1100. The van der Waals surface area contributed by atoms with E-state index in [2.05, 4.69) is 0 Å². The molecule has 0 saturated heterocycles. The fourth-order valence-electron chi connectivity index (χ4n) is 3.86. The zero-order chi connectivity index (χ0) is 20.5. The third-order valence-corrected chi connectivity index (χ3v) is 4.99. The summed E-state index contributed by atoms with van der Waals surface area (Å²) in [4.78, 5) is 26.5. The second-order valence-corrected chi connectivity index (χ2v) is 6.88. The zero-order valence-corrected chi connectivity index (χ0v) is 16.7. The quantitative estimate of drug-likeness (QED) is 0.606. The molecule has 0 N–H and O–H groups in total. The maximum absolute atomic E-state index is 12.7. The topological polar surface area (TPSA) is 78.2 Å². The van der Waals surface area contributed by atoms with Gasteiger partial charge in [0.25, 0.3) is 0 Å². The average molecular weight is 397 g/mol. The van der Waals surface area contributed by atoms with E-state index in [-0.39, 0.29) is 25.9 Å². The number of aryl methyl sites for hydroxylation is 1. The van der Waals surface area contributed by atoms with Crippen molar-refractivity contribution < 1.29 is 28.2 Å². The van der Waals surface area contributed by atoms with Gasteiger partial charge in [0.05, 0.1) is 19.8 Å². The number of rotatable bonds is 5. The van der Waals surface area contributed by atoms with Crippen molar-refractivity contribution in [3.05, 3.63) is 41.2 Å². The molecule has 2 heterocycles. The van der Waals surface area contributed by atoms with Gasteiger partial charge in [-0.05, 0) is 20.8 Å². The van der Waals surface area contributed by atoms with E-state index < -0.39 is 5.97 Å². The number of ether oxygens (including phenoxy) is 3. The SMILES string of the molecule is CCOC(=O)CN1COc2c(c3c(C(=O)OCC)c(C)oc3c3ccccc23)C1. The van der Waals surface area contributed by atoms with Crippen molar-refractivity contribution in [3.63, 3.8) is 0 Å². The Morgan fingerprint density at radius 2 is 1.83 bits per heavy atom. The third-order valence-electron chi connectivity index (χ3n) is 4.99. The summed E-state index contributed by atoms with van der Waals surface area (Å²) >= 11 is 0. The Morgan fingerprint density at radius 3 is 2.55 bits per heavy atom. The molecule has 1 aromatic heterocycles. The fourth-order valence-corrected chi connectivity index (χ4v) is 3.86. The molecule has 0 saturated carbocycles. The maximum Gasteiger partial charge on any atom is 0.342 e. The number of hydrogen-bond donors (Lipinski definition) is 0. The van der Waals surface area contributed by atoms with Crippen LogP contribution in [-0.4, -0.2) is 43.3 Å². The predicted molar refractivity (Wildman–Crippen MR) is 107 cm³/mol. The number of fused-ring (bicyclic) bond motifs is 6. The van der Waals surface area contributed by atoms with Crippen LogP contribution in [0.1, 0.15) is 35.5 Å². The van der Waals surface area contributed by atoms with Crippen molar-refractivity contribution in [1.82, 2.24) is 4.90 Å². The fraction of sp³-hybridized carbons (Fsp3) is 0.364. The van der Waals surface area contributed by atoms with Crippen LogP contribution in [0.5, 0.6) is 5.75 Å². The van der Waals surface area contributed by atoms with Crippen molar-refractivity contribution >= 4 is 33.7 Å². The first-order valence-electron chi connectivity index (χ1n) is 9.69. The molecular formula is C22H23NO6. The second kappa shape index (κ2) is 7.75. The average Bonchev–Trinajstić information content (AvgIpc) is 3.06. The highest BCUT2D eigenvalue weighted by Crippen LogP contribution is 2.44. The number of esters is 2. The van der Waals surface area contributed by atoms with Crippen LogP contribution in [0.2, 0.25) is 0 Å². The van der Waals surface area contributed by atoms with Crippen LogP contribution in [0, 0.1) is 6.92 Å². The molecule has 7 nitrogen and oxygen atoms in total. The number of nitrogens with zero attached hydrogens (tertiary/aromatic N) is 1. The Hall–Kier alpha value is -3.06. The third kappa shape index (κ3) is 3.31. The number of hydrogen-bond acceptors (Lipinski definition) is 7. The first-order valence-corrected chi connectivity index (χ1v) is 9.69. The van der Waals surface area contributed by atoms with Crippen LogP contribution in [0.25, 0.3) is 21.7 Å². The van der Waals surface area contributed by atoms with Crippen LogP contribution in [0.4, 0.5) is 0 Å². The summed E-state index contributed by atoms with van der Waals surface area (Å²) in [5, 5.41) is 2.47. The van der Waals surface area contributed by atoms with Gasteiger partial charge in [-0.3, -0.25) is 9.69 Å². The first kappa shape index (κ1) is 19.3. The van der Waals surface area contributed by atoms with E-state index in [4.69, 9.17) is 18.6 Å². The minimum absolute atomic E-state index is 0.104. The Morgan fingerprint density at radius 1 is 1.10 bits per heavy atom. The van der Waals surface area contributed by atoms with Crippen LogP contribution in [0.15, 0.2) is 28.7 Å². The van der Waals surface area contributed by atoms with Crippen molar-refractivity contribution in [2.45, 2.75) is 27.3 Å². The molecule has 0 bridgehead atoms. The highest BCUT2D eigenvalue weighted by molar-refractivity contribution is 6.16. The number of carbonyl (C=O) groups excluding carboxylic acids is 2. The molecule has 0 aliphatic carbocycles. The van der Waals surface area contributed by atoms with E-state index >= 15 is 0 Å². The van der Waals surface area contributed by atoms with Gasteiger partial charge in [0.2, 0.25) is 0 Å². The summed E-state index contributed by atoms with van der Waals surface area (Å²) in [7, 11) is 0. The van der Waals surface area contributed by atoms with Gasteiger partial charge in [-0.15, -0.1) is 0 Å². The van der Waals surface area contributed by atoms with Gasteiger partial charge in [0, 0.05) is 28.3 Å². The Labute approximate surface area is 168 Å². The number of carbonyl (C=O) groups is 2. The van der Waals surface area contributed by atoms with Crippen molar-refractivity contribution in [1.29, 1.82) is 0 Å². The summed E-state index contributed by atoms with van der Waals surface area (Å²) in [6, 6.07) is 7.78. The molecule has 0 spiro atoms. The van der Waals surface area contributed by atoms with E-state index in [1.807, 2.05) is 29.2 Å². The molecule has 3 aromatic rings. The normalized spacial score (nSPS) is 13.9. The molecule has 152 valence electrons. The molecule has 29 heavy (non-hydrogen) atoms. The molecule has 0 atom stereocenters. The predicted octanol–water partition coefficient (Wildman–Crippen LogP) is 3.79. The van der Waals surface area contributed by atoms with Gasteiger partial charge in [0.15, 0.2) is 0 Å². The zero-order valence-electron chi connectivity index (χ0n) is 16.7. The number of furan rings is 1. The summed E-state index contributed by atoms with van der Waals surface area (Å²) in [6.07, 6.45) is 0. The lowest BCUT2D eigenvalue weighted by Crippen LogP contribution is -2.37. The van der Waals surface area contributed by atoms with Gasteiger partial charge < -0.3 is 18.6 Å². The minimum atomic E-state index is -0.427. The summed E-state index contributed by atoms with van der Waals surface area (Å²) in [5.74, 6) is 0.466. The molecule has 7 heteroatoms. The summed E-state index contributed by atoms with van der Waals surface area (Å²) < 4.78 is 22.4.